The van der Waals surface area contributed by atoms with E-state index in [9.17, 15) is 5.11 Å². The van der Waals surface area contributed by atoms with E-state index in [-0.39, 0.29) is 0 Å². The maximum Gasteiger partial charge on any atom is 0.164 e. The highest BCUT2D eigenvalue weighted by atomic mass is 16.3. The molecule has 3 aromatic heterocycles. The minimum atomic E-state index is 0.378. The minimum absolute atomic E-state index is 0.378. The summed E-state index contributed by atoms with van der Waals surface area (Å²) < 4.78 is 9.09. The molecule has 0 saturated carbocycles. The molecule has 0 aliphatic carbocycles. The summed E-state index contributed by atoms with van der Waals surface area (Å²) in [6.45, 7) is 0. The van der Waals surface area contributed by atoms with Gasteiger partial charge in [-0.25, -0.2) is 15.0 Å². The van der Waals surface area contributed by atoms with Crippen LogP contribution in [0.2, 0.25) is 0 Å². The first kappa shape index (κ1) is 43.5. The lowest BCUT2D eigenvalue weighted by molar-refractivity contribution is 0.482. The summed E-state index contributed by atoms with van der Waals surface area (Å²) in [6.07, 6.45) is 0. The lowest BCUT2D eigenvalue weighted by Crippen LogP contribution is -2.49. The maximum atomic E-state index is 11.9. The molecule has 0 atom stereocenters. The topological polar surface area (TPSA) is 77.0 Å². The van der Waals surface area contributed by atoms with Crippen LogP contribution in [0.3, 0.4) is 0 Å². The molecule has 11 rings (SSSR count). The zero-order valence-electron chi connectivity index (χ0n) is 40.7. The van der Waals surface area contributed by atoms with Gasteiger partial charge in [0.15, 0.2) is 17.5 Å². The second kappa shape index (κ2) is 16.3. The van der Waals surface area contributed by atoms with Gasteiger partial charge >= 0.3 is 0 Å². The van der Waals surface area contributed by atoms with Gasteiger partial charge in [0, 0.05) is 55.1 Å². The highest BCUT2D eigenvalue weighted by Crippen LogP contribution is 2.39. The lowest BCUT2D eigenvalue weighted by atomic mass is 9.61. The predicted molar refractivity (Wildman–Crippen MR) is 320 cm³/mol. The van der Waals surface area contributed by atoms with E-state index in [4.69, 9.17) is 19.4 Å². The molecular formula is C51H43B11N4O2. The fourth-order valence-corrected chi connectivity index (χ4v) is 10.9. The van der Waals surface area contributed by atoms with Crippen molar-refractivity contribution in [2.24, 2.45) is 0 Å². The number of aromatic hydroxyl groups is 1. The SMILES string of the molecule is Bc1c(B)c(B)c(-c2c(B)c(B)c3c(c2B)c2c(B)c(B)c(B)c(B)c2n3-c2cccc(-c3ccc4oc5cccc(-c6nc(-c7ccccc7)nc(-c7ccccc7)n6)c5c4c3)c2)c(O)c1B. The Morgan fingerprint density at radius 3 is 1.56 bits per heavy atom. The first-order valence-electron chi connectivity index (χ1n) is 23.5. The molecule has 312 valence electrons. The van der Waals surface area contributed by atoms with E-state index in [0.717, 1.165) is 83.0 Å². The van der Waals surface area contributed by atoms with E-state index in [1.807, 2.05) is 80.6 Å². The van der Waals surface area contributed by atoms with Crippen LogP contribution in [0.15, 0.2) is 126 Å². The molecule has 17 heteroatoms. The minimum Gasteiger partial charge on any atom is -0.508 e. The molecule has 1 N–H and O–H groups in total. The Kier molecular flexibility index (Phi) is 10.4. The van der Waals surface area contributed by atoms with E-state index in [1.54, 1.807) is 0 Å². The number of fused-ring (bicyclic) bond motifs is 6. The van der Waals surface area contributed by atoms with Crippen LogP contribution < -0.4 is 60.1 Å². The predicted octanol–water partition coefficient (Wildman–Crippen LogP) is -6.25. The normalized spacial score (nSPS) is 11.6. The van der Waals surface area contributed by atoms with Crippen LogP contribution in [0.1, 0.15) is 0 Å². The number of phenolic OH excluding ortho intramolecular Hbond substituents is 1. The number of benzene rings is 8. The standard InChI is InChI=1S/C51H43B11N4O2/c52-35-31(34-38(55)40(57)42(59)45(62)48(34)67)36(53)43(60)46-32(35)33-37(54)39(56)41(58)44(61)47(33)66(46)25-14-7-13-23(19-25)24-17-18-28-27(20-24)30-26(15-8-16-29(30)68-28)51-64-49(21-9-3-1-4-10-21)63-50(65-51)22-11-5-2-6-12-22/h1-20,67H,52-62H2. The average Bonchev–Trinajstić information content (AvgIpc) is 3.94. The highest BCUT2D eigenvalue weighted by molar-refractivity contribution is 6.70. The molecule has 0 amide bonds. The van der Waals surface area contributed by atoms with Gasteiger partial charge in [0.05, 0.1) is 0 Å². The Balaban J connectivity index is 1.13. The number of aromatic nitrogens is 4. The van der Waals surface area contributed by atoms with Gasteiger partial charge in [0.25, 0.3) is 0 Å². The van der Waals surface area contributed by atoms with E-state index in [0.29, 0.717) is 23.2 Å². The highest BCUT2D eigenvalue weighted by Gasteiger charge is 2.27. The molecule has 0 unspecified atom stereocenters. The van der Waals surface area contributed by atoms with Crippen molar-refractivity contribution < 1.29 is 9.52 Å². The smallest absolute Gasteiger partial charge is 0.164 e. The van der Waals surface area contributed by atoms with E-state index >= 15 is 0 Å². The van der Waals surface area contributed by atoms with E-state index in [1.165, 1.54) is 65.5 Å². The molecule has 0 fully saturated rings. The summed E-state index contributed by atoms with van der Waals surface area (Å²) in [4.78, 5) is 15.2. The van der Waals surface area contributed by atoms with Gasteiger partial charge in [0.2, 0.25) is 0 Å². The van der Waals surface area contributed by atoms with Gasteiger partial charge in [-0.3, -0.25) is 0 Å². The van der Waals surface area contributed by atoms with Crippen molar-refractivity contribution in [3.05, 3.63) is 121 Å². The number of furan rings is 1. The Hall–Kier alpha value is -7.12. The monoisotopic (exact) mass is 864 g/mol. The number of rotatable bonds is 6. The van der Waals surface area contributed by atoms with Crippen molar-refractivity contribution in [1.29, 1.82) is 0 Å². The number of nitrogens with zero attached hydrogens (tertiary/aromatic N) is 4. The summed E-state index contributed by atoms with van der Waals surface area (Å²) in [7, 11) is 24.3. The fourth-order valence-electron chi connectivity index (χ4n) is 10.9. The average molecular weight is 863 g/mol. The molecule has 0 radical (unpaired) electrons. The van der Waals surface area contributed by atoms with Crippen LogP contribution in [0.4, 0.5) is 0 Å². The second-order valence-electron chi connectivity index (χ2n) is 18.8. The molecular weight excluding hydrogens is 820 g/mol. The number of hydrogen-bond donors (Lipinski definition) is 1. The van der Waals surface area contributed by atoms with Gasteiger partial charge in [-0.15, -0.1) is 10.9 Å². The Bertz CT molecular complexity index is 3870. The number of phenols is 1. The molecule has 11 aromatic rings. The van der Waals surface area contributed by atoms with Crippen LogP contribution in [0.25, 0.3) is 106 Å². The van der Waals surface area contributed by atoms with Gasteiger partial charge < -0.3 is 14.1 Å². The van der Waals surface area contributed by atoms with Crippen LogP contribution in [0.5, 0.6) is 5.75 Å². The number of hydrogen-bond acceptors (Lipinski definition) is 5. The Morgan fingerprint density at radius 2 is 0.897 bits per heavy atom. The molecule has 8 aromatic carbocycles. The molecule has 0 saturated heterocycles. The van der Waals surface area contributed by atoms with Crippen molar-refractivity contribution in [3.63, 3.8) is 0 Å². The third-order valence-electron chi connectivity index (χ3n) is 15.4. The summed E-state index contributed by atoms with van der Waals surface area (Å²) in [6, 6.07) is 41.7. The van der Waals surface area contributed by atoms with Crippen molar-refractivity contribution in [2.75, 3.05) is 0 Å². The van der Waals surface area contributed by atoms with Crippen LogP contribution >= 0.6 is 0 Å². The summed E-state index contributed by atoms with van der Waals surface area (Å²) in [5.74, 6) is 2.19. The maximum absolute atomic E-state index is 11.9. The first-order chi connectivity index (χ1) is 32.7. The fraction of sp³-hybridized carbons (Fsp3) is 0. The lowest BCUT2D eigenvalue weighted by Gasteiger charge is -2.24. The van der Waals surface area contributed by atoms with Crippen LogP contribution in [0, 0.1) is 0 Å². The van der Waals surface area contributed by atoms with Crippen LogP contribution in [-0.2, 0) is 0 Å². The second-order valence-corrected chi connectivity index (χ2v) is 18.8. The third-order valence-corrected chi connectivity index (χ3v) is 15.4. The third kappa shape index (κ3) is 6.53. The van der Waals surface area contributed by atoms with E-state index < -0.39 is 0 Å². The molecule has 68 heavy (non-hydrogen) atoms. The molecule has 6 nitrogen and oxygen atoms in total. The molecule has 3 heterocycles. The van der Waals surface area contributed by atoms with Gasteiger partial charge in [-0.2, -0.15) is 0 Å². The summed E-state index contributed by atoms with van der Waals surface area (Å²) in [5.41, 5.74) is 25.2. The quantitative estimate of drug-likeness (QED) is 0.169. The molecule has 0 spiro atoms. The van der Waals surface area contributed by atoms with Gasteiger partial charge in [-0.05, 0) is 52.4 Å². The largest absolute Gasteiger partial charge is 0.508 e. The van der Waals surface area contributed by atoms with Crippen molar-refractivity contribution in [2.45, 2.75) is 0 Å². The van der Waals surface area contributed by atoms with E-state index in [2.05, 4.69) is 132 Å². The summed E-state index contributed by atoms with van der Waals surface area (Å²) >= 11 is 0. The zero-order valence-corrected chi connectivity index (χ0v) is 40.7. The van der Waals surface area contributed by atoms with Crippen LogP contribution in [-0.4, -0.2) is 111 Å². The van der Waals surface area contributed by atoms with Crippen molar-refractivity contribution in [1.82, 2.24) is 19.5 Å². The zero-order chi connectivity index (χ0) is 47.4. The van der Waals surface area contributed by atoms with Crippen molar-refractivity contribution in [3.8, 4) is 67.9 Å². The summed E-state index contributed by atoms with van der Waals surface area (Å²) in [5, 5.41) is 16.4. The molecule has 0 bridgehead atoms. The Morgan fingerprint density at radius 1 is 0.382 bits per heavy atom. The van der Waals surface area contributed by atoms with Gasteiger partial charge in [0.1, 0.15) is 103 Å². The molecule has 0 aliphatic heterocycles. The van der Waals surface area contributed by atoms with Crippen molar-refractivity contribution >= 4 is 190 Å². The first-order valence-corrected chi connectivity index (χ1v) is 23.5. The molecule has 0 aliphatic rings. The Labute approximate surface area is 406 Å². The van der Waals surface area contributed by atoms with Gasteiger partial charge in [-0.1, -0.05) is 140 Å².